The van der Waals surface area contributed by atoms with Gasteiger partial charge in [0.25, 0.3) is 0 Å². The summed E-state index contributed by atoms with van der Waals surface area (Å²) >= 11 is 0. The van der Waals surface area contributed by atoms with Crippen molar-refractivity contribution in [3.63, 3.8) is 0 Å². The zero-order chi connectivity index (χ0) is 8.91. The molecule has 0 rings (SSSR count). The summed E-state index contributed by atoms with van der Waals surface area (Å²) < 4.78 is 10.0. The molecule has 64 valence electrons. The monoisotopic (exact) mass is 203 g/mol. The molecule has 0 saturated carbocycles. The SMILES string of the molecule is O=CN(O)C/C=C/P(=O)([O-])O.[Na+]. The first kappa shape index (κ1) is 14.8. The van der Waals surface area contributed by atoms with Crippen LogP contribution in [-0.4, -0.2) is 28.1 Å². The van der Waals surface area contributed by atoms with Crippen LogP contribution in [0, 0.1) is 0 Å². The second-order valence-electron chi connectivity index (χ2n) is 1.68. The molecule has 12 heavy (non-hydrogen) atoms. The molecule has 0 aliphatic rings. The quantitative estimate of drug-likeness (QED) is 0.159. The van der Waals surface area contributed by atoms with Crippen LogP contribution in [0.1, 0.15) is 0 Å². The van der Waals surface area contributed by atoms with Gasteiger partial charge in [-0.1, -0.05) is 6.08 Å². The van der Waals surface area contributed by atoms with Crippen molar-refractivity contribution in [2.24, 2.45) is 0 Å². The molecule has 1 atom stereocenters. The van der Waals surface area contributed by atoms with E-state index in [4.69, 9.17) is 10.1 Å². The number of carbonyl (C=O) groups is 1. The van der Waals surface area contributed by atoms with E-state index in [0.29, 0.717) is 5.82 Å². The minimum Gasteiger partial charge on any atom is -0.776 e. The third-order valence-corrected chi connectivity index (χ3v) is 1.30. The van der Waals surface area contributed by atoms with E-state index < -0.39 is 7.60 Å². The van der Waals surface area contributed by atoms with E-state index >= 15 is 0 Å². The second-order valence-corrected chi connectivity index (χ2v) is 3.10. The number of hydrogen-bond donors (Lipinski definition) is 2. The molecular formula is C4H7NNaO5P. The van der Waals surface area contributed by atoms with Crippen LogP contribution in [0.25, 0.3) is 0 Å². The molecule has 8 heteroatoms. The fraction of sp³-hybridized carbons (Fsp3) is 0.250. The fourth-order valence-electron chi connectivity index (χ4n) is 0.331. The van der Waals surface area contributed by atoms with Crippen LogP contribution in [0.5, 0.6) is 0 Å². The van der Waals surface area contributed by atoms with E-state index in [1.807, 2.05) is 0 Å². The van der Waals surface area contributed by atoms with Gasteiger partial charge in [0.05, 0.1) is 6.54 Å². The molecule has 0 heterocycles. The molecule has 0 aliphatic heterocycles. The van der Waals surface area contributed by atoms with E-state index in [-0.39, 0.29) is 47.6 Å². The van der Waals surface area contributed by atoms with Gasteiger partial charge in [0, 0.05) is 0 Å². The maximum atomic E-state index is 10.0. The van der Waals surface area contributed by atoms with Crippen molar-refractivity contribution in [1.82, 2.24) is 5.06 Å². The Morgan fingerprint density at radius 1 is 1.58 bits per heavy atom. The van der Waals surface area contributed by atoms with Crippen molar-refractivity contribution < 1.29 is 53.9 Å². The molecule has 1 unspecified atom stereocenters. The van der Waals surface area contributed by atoms with Crippen molar-refractivity contribution in [3.8, 4) is 0 Å². The zero-order valence-corrected chi connectivity index (χ0v) is 9.35. The number of carbonyl (C=O) groups excluding carboxylic acids is 1. The second kappa shape index (κ2) is 6.80. The van der Waals surface area contributed by atoms with Crippen LogP contribution < -0.4 is 34.5 Å². The first-order valence-electron chi connectivity index (χ1n) is 2.58. The summed E-state index contributed by atoms with van der Waals surface area (Å²) in [6.07, 6.45) is 1.04. The van der Waals surface area contributed by atoms with E-state index in [0.717, 1.165) is 6.08 Å². The molecule has 0 bridgehead atoms. The summed E-state index contributed by atoms with van der Waals surface area (Å²) in [5, 5.41) is 8.62. The minimum absolute atomic E-state index is 0. The first-order chi connectivity index (χ1) is 4.95. The predicted molar refractivity (Wildman–Crippen MR) is 33.5 cm³/mol. The number of amides is 1. The fourth-order valence-corrected chi connectivity index (χ4v) is 0.692. The van der Waals surface area contributed by atoms with Crippen LogP contribution in [0.4, 0.5) is 0 Å². The molecule has 0 aromatic rings. The Labute approximate surface area is 91.3 Å². The Hall–Kier alpha value is 0.320. The van der Waals surface area contributed by atoms with Crippen molar-refractivity contribution in [1.29, 1.82) is 0 Å². The third kappa shape index (κ3) is 10.3. The van der Waals surface area contributed by atoms with Gasteiger partial charge in [-0.2, -0.15) is 0 Å². The van der Waals surface area contributed by atoms with Crippen molar-refractivity contribution >= 4 is 14.0 Å². The summed E-state index contributed by atoms with van der Waals surface area (Å²) in [4.78, 5) is 27.8. The number of rotatable bonds is 4. The van der Waals surface area contributed by atoms with Crippen molar-refractivity contribution in [3.05, 3.63) is 11.9 Å². The van der Waals surface area contributed by atoms with Gasteiger partial charge in [-0.15, -0.1) is 0 Å². The van der Waals surface area contributed by atoms with Crippen molar-refractivity contribution in [2.45, 2.75) is 0 Å². The number of nitrogens with zero attached hydrogens (tertiary/aromatic N) is 1. The topological polar surface area (TPSA) is 101 Å². The molecule has 0 spiro atoms. The average Bonchev–Trinajstić information content (AvgIpc) is 1.85. The van der Waals surface area contributed by atoms with Gasteiger partial charge in [-0.05, 0) is 5.82 Å². The predicted octanol–water partition coefficient (Wildman–Crippen LogP) is -4.10. The van der Waals surface area contributed by atoms with E-state index in [9.17, 15) is 14.3 Å². The summed E-state index contributed by atoms with van der Waals surface area (Å²) in [5.41, 5.74) is 0. The molecule has 0 fully saturated rings. The normalized spacial score (nSPS) is 14.9. The van der Waals surface area contributed by atoms with Gasteiger partial charge >= 0.3 is 29.6 Å². The largest absolute Gasteiger partial charge is 1.00 e. The smallest absolute Gasteiger partial charge is 0.776 e. The Morgan fingerprint density at radius 3 is 2.42 bits per heavy atom. The molecule has 0 aromatic heterocycles. The molecule has 0 saturated heterocycles. The molecule has 6 nitrogen and oxygen atoms in total. The molecule has 2 N–H and O–H groups in total. The summed E-state index contributed by atoms with van der Waals surface area (Å²) in [5.74, 6) is 0.500. The number of hydrogen-bond acceptors (Lipinski definition) is 4. The molecule has 0 radical (unpaired) electrons. The van der Waals surface area contributed by atoms with Gasteiger partial charge in [0.2, 0.25) is 6.41 Å². The Bertz CT molecular complexity index is 202. The van der Waals surface area contributed by atoms with Gasteiger partial charge < -0.3 is 14.4 Å². The van der Waals surface area contributed by atoms with E-state index in [2.05, 4.69) is 0 Å². The van der Waals surface area contributed by atoms with Gasteiger partial charge in [0.1, 0.15) is 0 Å². The van der Waals surface area contributed by atoms with Crippen molar-refractivity contribution in [2.75, 3.05) is 6.54 Å². The van der Waals surface area contributed by atoms with E-state index in [1.54, 1.807) is 0 Å². The molecular weight excluding hydrogens is 196 g/mol. The van der Waals surface area contributed by atoms with E-state index in [1.165, 1.54) is 0 Å². The van der Waals surface area contributed by atoms with Gasteiger partial charge in [0.15, 0.2) is 7.60 Å². The van der Waals surface area contributed by atoms with Crippen LogP contribution >= 0.6 is 7.60 Å². The summed E-state index contributed by atoms with van der Waals surface area (Å²) in [6.45, 7) is -0.281. The maximum Gasteiger partial charge on any atom is 1.00 e. The summed E-state index contributed by atoms with van der Waals surface area (Å²) in [7, 11) is -4.42. The average molecular weight is 203 g/mol. The van der Waals surface area contributed by atoms with Crippen LogP contribution in [0.2, 0.25) is 0 Å². The zero-order valence-electron chi connectivity index (χ0n) is 6.45. The van der Waals surface area contributed by atoms with Crippen LogP contribution in [0.15, 0.2) is 11.9 Å². The first-order valence-corrected chi connectivity index (χ1v) is 4.22. The maximum absolute atomic E-state index is 10.0. The molecule has 1 amide bonds. The molecule has 0 aromatic carbocycles. The Morgan fingerprint density at radius 2 is 2.08 bits per heavy atom. The van der Waals surface area contributed by atoms with Crippen LogP contribution in [0.3, 0.4) is 0 Å². The van der Waals surface area contributed by atoms with Gasteiger partial charge in [-0.3, -0.25) is 10.0 Å². The molecule has 0 aliphatic carbocycles. The standard InChI is InChI=1S/C4H8NO5P.Na/c6-4-5(7)2-1-3-11(8,9)10;/h1,3-4,7H,2H2,(H2,8,9,10);/q;+1/p-1/b3-1+;. The van der Waals surface area contributed by atoms with Gasteiger partial charge in [-0.25, -0.2) is 5.06 Å². The third-order valence-electron chi connectivity index (χ3n) is 0.708. The Kier molecular flexibility index (Phi) is 8.39. The Balaban J connectivity index is 0. The van der Waals surface area contributed by atoms with Crippen LogP contribution in [-0.2, 0) is 9.36 Å². The minimum atomic E-state index is -4.42. The summed E-state index contributed by atoms with van der Waals surface area (Å²) in [6, 6.07) is 0. The number of hydroxylamine groups is 2.